The molecule has 1 N–H and O–H groups in total. The van der Waals surface area contributed by atoms with Crippen molar-refractivity contribution in [1.82, 2.24) is 9.80 Å². The van der Waals surface area contributed by atoms with Gasteiger partial charge in [0.25, 0.3) is 0 Å². The van der Waals surface area contributed by atoms with Gasteiger partial charge in [-0.15, -0.1) is 0 Å². The zero-order valence-electron chi connectivity index (χ0n) is 11.3. The highest BCUT2D eigenvalue weighted by Gasteiger charge is 2.17. The molecule has 1 saturated heterocycles. The highest BCUT2D eigenvalue weighted by atomic mass is 79.9. The van der Waals surface area contributed by atoms with E-state index in [1.165, 1.54) is 0 Å². The predicted octanol–water partition coefficient (Wildman–Crippen LogP) is 1.44. The lowest BCUT2D eigenvalue weighted by molar-refractivity contribution is 0.0503. The lowest BCUT2D eigenvalue weighted by Gasteiger charge is -2.33. The summed E-state index contributed by atoms with van der Waals surface area (Å²) < 4.78 is 6.55. The van der Waals surface area contributed by atoms with E-state index in [4.69, 9.17) is 4.74 Å². The van der Waals surface area contributed by atoms with Gasteiger partial charge in [-0.2, -0.15) is 0 Å². The van der Waals surface area contributed by atoms with Crippen molar-refractivity contribution in [3.05, 3.63) is 28.7 Å². The van der Waals surface area contributed by atoms with E-state index in [0.29, 0.717) is 13.2 Å². The first-order valence-electron chi connectivity index (χ1n) is 6.61. The number of para-hydroxylation sites is 1. The fourth-order valence-electron chi connectivity index (χ4n) is 2.13. The molecule has 0 aliphatic carbocycles. The maximum absolute atomic E-state index is 10.0. The van der Waals surface area contributed by atoms with Gasteiger partial charge in [0.2, 0.25) is 0 Å². The molecular formula is C14H21BrN2O2. The van der Waals surface area contributed by atoms with Gasteiger partial charge in [-0.25, -0.2) is 0 Å². The van der Waals surface area contributed by atoms with Crippen LogP contribution in [0.4, 0.5) is 0 Å². The zero-order chi connectivity index (χ0) is 13.7. The second-order valence-corrected chi connectivity index (χ2v) is 5.85. The Kier molecular flexibility index (Phi) is 5.63. The Hall–Kier alpha value is -0.620. The van der Waals surface area contributed by atoms with Crippen molar-refractivity contribution in [2.45, 2.75) is 6.10 Å². The number of piperazine rings is 1. The number of rotatable bonds is 5. The van der Waals surface area contributed by atoms with Crippen LogP contribution < -0.4 is 4.74 Å². The number of ether oxygens (including phenoxy) is 1. The molecule has 2 rings (SSSR count). The first-order chi connectivity index (χ1) is 9.15. The topological polar surface area (TPSA) is 35.9 Å². The molecule has 1 aliphatic rings. The Balaban J connectivity index is 1.73. The van der Waals surface area contributed by atoms with Crippen LogP contribution in [0.3, 0.4) is 0 Å². The molecule has 0 spiro atoms. The van der Waals surface area contributed by atoms with Gasteiger partial charge in [0.15, 0.2) is 0 Å². The molecule has 106 valence electrons. The summed E-state index contributed by atoms with van der Waals surface area (Å²) in [6.07, 6.45) is -0.449. The molecule has 1 aromatic carbocycles. The van der Waals surface area contributed by atoms with Crippen LogP contribution in [0.2, 0.25) is 0 Å². The number of benzene rings is 1. The van der Waals surface area contributed by atoms with Crippen LogP contribution in [-0.2, 0) is 0 Å². The Bertz CT molecular complexity index is 395. The molecule has 5 heteroatoms. The Morgan fingerprint density at radius 1 is 1.26 bits per heavy atom. The summed E-state index contributed by atoms with van der Waals surface area (Å²) in [5.74, 6) is 0.778. The Morgan fingerprint density at radius 3 is 2.63 bits per heavy atom. The van der Waals surface area contributed by atoms with E-state index >= 15 is 0 Å². The van der Waals surface area contributed by atoms with Crippen LogP contribution in [0, 0.1) is 0 Å². The van der Waals surface area contributed by atoms with E-state index in [1.54, 1.807) is 0 Å². The van der Waals surface area contributed by atoms with Gasteiger partial charge in [0.05, 0.1) is 4.47 Å². The van der Waals surface area contributed by atoms with Crippen LogP contribution in [0.25, 0.3) is 0 Å². The smallest absolute Gasteiger partial charge is 0.133 e. The summed E-state index contributed by atoms with van der Waals surface area (Å²) in [6, 6.07) is 7.69. The van der Waals surface area contributed by atoms with E-state index < -0.39 is 6.10 Å². The van der Waals surface area contributed by atoms with Crippen LogP contribution in [0.1, 0.15) is 0 Å². The minimum atomic E-state index is -0.449. The molecule has 1 fully saturated rings. The summed E-state index contributed by atoms with van der Waals surface area (Å²) in [5.41, 5.74) is 0. The van der Waals surface area contributed by atoms with Crippen LogP contribution >= 0.6 is 15.9 Å². The maximum Gasteiger partial charge on any atom is 0.133 e. The van der Waals surface area contributed by atoms with Crippen LogP contribution in [0.15, 0.2) is 28.7 Å². The van der Waals surface area contributed by atoms with Crippen molar-refractivity contribution in [1.29, 1.82) is 0 Å². The Morgan fingerprint density at radius 2 is 1.95 bits per heavy atom. The molecule has 0 aromatic heterocycles. The van der Waals surface area contributed by atoms with Crippen molar-refractivity contribution in [3.8, 4) is 5.75 Å². The van der Waals surface area contributed by atoms with Gasteiger partial charge >= 0.3 is 0 Å². The van der Waals surface area contributed by atoms with Crippen LogP contribution in [0.5, 0.6) is 5.75 Å². The number of hydrogen-bond donors (Lipinski definition) is 1. The second kappa shape index (κ2) is 7.24. The van der Waals surface area contributed by atoms with Gasteiger partial charge in [0.1, 0.15) is 18.5 Å². The van der Waals surface area contributed by atoms with Crippen molar-refractivity contribution in [2.75, 3.05) is 46.4 Å². The molecule has 1 aromatic rings. The van der Waals surface area contributed by atoms with Crippen LogP contribution in [-0.4, -0.2) is 67.4 Å². The molecular weight excluding hydrogens is 308 g/mol. The summed E-state index contributed by atoms with van der Waals surface area (Å²) in [4.78, 5) is 4.59. The highest BCUT2D eigenvalue weighted by molar-refractivity contribution is 9.10. The average Bonchev–Trinajstić information content (AvgIpc) is 2.40. The SMILES string of the molecule is CN1CCN(CC(O)COc2ccccc2Br)CC1. The Labute approximate surface area is 123 Å². The largest absolute Gasteiger partial charge is 0.490 e. The van der Waals surface area contributed by atoms with E-state index in [1.807, 2.05) is 24.3 Å². The minimum absolute atomic E-state index is 0.328. The lowest BCUT2D eigenvalue weighted by Crippen LogP contribution is -2.47. The molecule has 4 nitrogen and oxygen atoms in total. The molecule has 0 bridgehead atoms. The quantitative estimate of drug-likeness (QED) is 0.887. The van der Waals surface area contributed by atoms with E-state index in [-0.39, 0.29) is 0 Å². The van der Waals surface area contributed by atoms with Crippen molar-refractivity contribution >= 4 is 15.9 Å². The minimum Gasteiger partial charge on any atom is -0.490 e. The number of aliphatic hydroxyl groups is 1. The molecule has 1 atom stereocenters. The van der Waals surface area contributed by atoms with Gasteiger partial charge in [-0.3, -0.25) is 4.90 Å². The molecule has 0 saturated carbocycles. The monoisotopic (exact) mass is 328 g/mol. The lowest BCUT2D eigenvalue weighted by atomic mass is 10.3. The number of hydrogen-bond acceptors (Lipinski definition) is 4. The first-order valence-corrected chi connectivity index (χ1v) is 7.41. The average molecular weight is 329 g/mol. The predicted molar refractivity (Wildman–Crippen MR) is 79.6 cm³/mol. The molecule has 1 unspecified atom stereocenters. The number of likely N-dealkylation sites (N-methyl/N-ethyl adjacent to an activating group) is 1. The van der Waals surface area contributed by atoms with Crippen molar-refractivity contribution in [2.24, 2.45) is 0 Å². The van der Waals surface area contributed by atoms with Gasteiger partial charge in [-0.1, -0.05) is 12.1 Å². The van der Waals surface area contributed by atoms with Crippen molar-refractivity contribution in [3.63, 3.8) is 0 Å². The zero-order valence-corrected chi connectivity index (χ0v) is 12.8. The van der Waals surface area contributed by atoms with Gasteiger partial charge in [0, 0.05) is 32.7 Å². The van der Waals surface area contributed by atoms with E-state index in [9.17, 15) is 5.11 Å². The fraction of sp³-hybridized carbons (Fsp3) is 0.571. The number of nitrogens with zero attached hydrogens (tertiary/aromatic N) is 2. The van der Waals surface area contributed by atoms with Crippen molar-refractivity contribution < 1.29 is 9.84 Å². The first kappa shape index (κ1) is 14.8. The summed E-state index contributed by atoms with van der Waals surface area (Å²) in [7, 11) is 2.13. The molecule has 1 heterocycles. The molecule has 0 amide bonds. The number of β-amino-alcohol motifs (C(OH)–C–C–N with tert-alkyl or cyclic N) is 1. The highest BCUT2D eigenvalue weighted by Crippen LogP contribution is 2.23. The third kappa shape index (κ3) is 4.76. The standard InChI is InChI=1S/C14H21BrN2O2/c1-16-6-8-17(9-7-16)10-12(18)11-19-14-5-3-2-4-13(14)15/h2-5,12,18H,6-11H2,1H3. The van der Waals surface area contributed by atoms with Gasteiger partial charge in [-0.05, 0) is 35.1 Å². The molecule has 19 heavy (non-hydrogen) atoms. The third-order valence-electron chi connectivity index (χ3n) is 3.33. The second-order valence-electron chi connectivity index (χ2n) is 5.00. The normalized spacial score (nSPS) is 19.3. The summed E-state index contributed by atoms with van der Waals surface area (Å²) in [6.45, 7) is 5.17. The van der Waals surface area contributed by atoms with E-state index in [0.717, 1.165) is 36.4 Å². The van der Waals surface area contributed by atoms with Gasteiger partial charge < -0.3 is 14.7 Å². The fourth-order valence-corrected chi connectivity index (χ4v) is 2.53. The molecule has 0 radical (unpaired) electrons. The molecule has 1 aliphatic heterocycles. The third-order valence-corrected chi connectivity index (χ3v) is 3.99. The number of aliphatic hydroxyl groups excluding tert-OH is 1. The summed E-state index contributed by atoms with van der Waals surface area (Å²) in [5, 5.41) is 10.0. The maximum atomic E-state index is 10.0. The van der Waals surface area contributed by atoms with E-state index in [2.05, 4.69) is 32.8 Å². The number of halogens is 1. The summed E-state index contributed by atoms with van der Waals surface area (Å²) >= 11 is 3.43.